The fourth-order valence-electron chi connectivity index (χ4n) is 3.73. The molecule has 1 fully saturated rings. The Labute approximate surface area is 160 Å². The molecule has 144 valence electrons. The number of ketones is 1. The van der Waals surface area contributed by atoms with E-state index in [0.29, 0.717) is 38.0 Å². The van der Waals surface area contributed by atoms with E-state index in [1.807, 2.05) is 19.1 Å². The van der Waals surface area contributed by atoms with Crippen molar-refractivity contribution in [3.63, 3.8) is 0 Å². The smallest absolute Gasteiger partial charge is 0.315 e. The van der Waals surface area contributed by atoms with E-state index in [1.165, 1.54) is 0 Å². The Morgan fingerprint density at radius 1 is 1.30 bits per heavy atom. The van der Waals surface area contributed by atoms with Crippen molar-refractivity contribution in [1.82, 2.24) is 15.5 Å². The Morgan fingerprint density at radius 3 is 2.89 bits per heavy atom. The maximum atomic E-state index is 12.8. The summed E-state index contributed by atoms with van der Waals surface area (Å²) in [5.41, 5.74) is 3.48. The summed E-state index contributed by atoms with van der Waals surface area (Å²) in [5.74, 6) is 0.0178. The highest BCUT2D eigenvalue weighted by molar-refractivity contribution is 6.01. The molecule has 2 aliphatic rings. The summed E-state index contributed by atoms with van der Waals surface area (Å²) in [5, 5.41) is 5.59. The van der Waals surface area contributed by atoms with Gasteiger partial charge in [-0.25, -0.2) is 4.79 Å². The summed E-state index contributed by atoms with van der Waals surface area (Å²) in [7, 11) is 0. The van der Waals surface area contributed by atoms with Crippen LogP contribution in [0.2, 0.25) is 0 Å². The molecule has 3 rings (SSSR count). The van der Waals surface area contributed by atoms with E-state index >= 15 is 0 Å². The number of carbonyl (C=O) groups is 3. The Kier molecular flexibility index (Phi) is 5.94. The molecule has 6 heteroatoms. The molecular weight excluding hydrogens is 342 g/mol. The van der Waals surface area contributed by atoms with E-state index in [2.05, 4.69) is 17.2 Å². The summed E-state index contributed by atoms with van der Waals surface area (Å²) in [4.78, 5) is 38.7. The molecule has 0 aromatic heterocycles. The van der Waals surface area contributed by atoms with E-state index in [-0.39, 0.29) is 23.8 Å². The van der Waals surface area contributed by atoms with Crippen molar-refractivity contribution >= 4 is 17.7 Å². The van der Waals surface area contributed by atoms with Gasteiger partial charge < -0.3 is 15.5 Å². The normalized spacial score (nSPS) is 19.7. The highest BCUT2D eigenvalue weighted by Crippen LogP contribution is 2.30. The van der Waals surface area contributed by atoms with Crippen molar-refractivity contribution in [2.45, 2.75) is 58.2 Å². The van der Waals surface area contributed by atoms with Crippen LogP contribution in [0.25, 0.3) is 0 Å². The van der Waals surface area contributed by atoms with Gasteiger partial charge in [0.05, 0.1) is 6.04 Å². The molecular formula is C21H27N3O3. The van der Waals surface area contributed by atoms with Gasteiger partial charge in [0, 0.05) is 31.6 Å². The summed E-state index contributed by atoms with van der Waals surface area (Å²) >= 11 is 0. The van der Waals surface area contributed by atoms with Crippen LogP contribution in [0.4, 0.5) is 4.79 Å². The van der Waals surface area contributed by atoms with E-state index in [1.54, 1.807) is 11.0 Å². The van der Waals surface area contributed by atoms with Crippen LogP contribution in [0.1, 0.15) is 60.5 Å². The van der Waals surface area contributed by atoms with Crippen LogP contribution >= 0.6 is 0 Å². The second-order valence-corrected chi connectivity index (χ2v) is 7.34. The van der Waals surface area contributed by atoms with Crippen LogP contribution in [-0.2, 0) is 17.9 Å². The molecule has 1 aliphatic heterocycles. The zero-order chi connectivity index (χ0) is 19.4. The molecule has 1 aromatic rings. The minimum absolute atomic E-state index is 0.0731. The lowest BCUT2D eigenvalue weighted by Crippen LogP contribution is -2.40. The number of allylic oxidation sites excluding steroid dienone is 1. The molecule has 6 nitrogen and oxygen atoms in total. The lowest BCUT2D eigenvalue weighted by atomic mass is 10.1. The van der Waals surface area contributed by atoms with Crippen LogP contribution in [0, 0.1) is 0 Å². The molecule has 2 N–H and O–H groups in total. The van der Waals surface area contributed by atoms with Gasteiger partial charge in [-0.05, 0) is 42.9 Å². The van der Waals surface area contributed by atoms with Gasteiger partial charge in [0.1, 0.15) is 0 Å². The maximum absolute atomic E-state index is 12.8. The fourth-order valence-corrected chi connectivity index (χ4v) is 3.73. The van der Waals surface area contributed by atoms with Crippen LogP contribution in [0.3, 0.4) is 0 Å². The topological polar surface area (TPSA) is 78.5 Å². The Bertz CT molecular complexity index is 772. The number of hydrogen-bond acceptors (Lipinski definition) is 3. The first-order valence-electron chi connectivity index (χ1n) is 9.63. The molecule has 0 spiro atoms. The van der Waals surface area contributed by atoms with Gasteiger partial charge in [-0.15, -0.1) is 0 Å². The van der Waals surface area contributed by atoms with E-state index in [9.17, 15) is 14.4 Å². The van der Waals surface area contributed by atoms with Crippen molar-refractivity contribution in [3.05, 3.63) is 47.0 Å². The number of nitrogens with one attached hydrogen (secondary N) is 2. The molecule has 1 aromatic carbocycles. The van der Waals surface area contributed by atoms with E-state index in [4.69, 9.17) is 0 Å². The summed E-state index contributed by atoms with van der Waals surface area (Å²) in [6.45, 7) is 7.44. The molecule has 3 amide bonds. The number of amides is 3. The molecule has 0 radical (unpaired) electrons. The Hall–Kier alpha value is -2.63. The van der Waals surface area contributed by atoms with Crippen molar-refractivity contribution in [2.75, 3.05) is 6.54 Å². The van der Waals surface area contributed by atoms with Crippen molar-refractivity contribution in [2.24, 2.45) is 0 Å². The van der Waals surface area contributed by atoms with Gasteiger partial charge in [-0.1, -0.05) is 31.2 Å². The van der Waals surface area contributed by atoms with E-state index in [0.717, 1.165) is 36.0 Å². The fraction of sp³-hybridized carbons (Fsp3) is 0.476. The lowest BCUT2D eigenvalue weighted by Gasteiger charge is -2.25. The number of urea groups is 1. The monoisotopic (exact) mass is 369 g/mol. The molecule has 1 atom stereocenters. The Balaban J connectivity index is 1.67. The van der Waals surface area contributed by atoms with Gasteiger partial charge in [-0.2, -0.15) is 0 Å². The first-order valence-corrected chi connectivity index (χ1v) is 9.63. The van der Waals surface area contributed by atoms with Gasteiger partial charge in [0.25, 0.3) is 5.91 Å². The van der Waals surface area contributed by atoms with Crippen molar-refractivity contribution in [3.8, 4) is 0 Å². The second-order valence-electron chi connectivity index (χ2n) is 7.34. The third kappa shape index (κ3) is 4.38. The molecule has 0 bridgehead atoms. The maximum Gasteiger partial charge on any atom is 0.315 e. The van der Waals surface area contributed by atoms with Gasteiger partial charge in [-0.3, -0.25) is 9.59 Å². The number of hydrogen-bond donors (Lipinski definition) is 2. The molecule has 27 heavy (non-hydrogen) atoms. The zero-order valence-corrected chi connectivity index (χ0v) is 15.8. The van der Waals surface area contributed by atoms with Crippen LogP contribution in [0.5, 0.6) is 0 Å². The third-order valence-corrected chi connectivity index (χ3v) is 5.17. The number of rotatable bonds is 5. The molecule has 1 unspecified atom stereocenters. The third-order valence-electron chi connectivity index (χ3n) is 5.17. The average molecular weight is 369 g/mol. The second kappa shape index (κ2) is 8.37. The van der Waals surface area contributed by atoms with Gasteiger partial charge in [0.2, 0.25) is 0 Å². The van der Waals surface area contributed by atoms with Crippen molar-refractivity contribution < 1.29 is 14.4 Å². The molecule has 1 heterocycles. The van der Waals surface area contributed by atoms with Gasteiger partial charge >= 0.3 is 6.03 Å². The van der Waals surface area contributed by atoms with Gasteiger partial charge in [0.15, 0.2) is 5.78 Å². The number of fused-ring (bicyclic) bond motifs is 1. The minimum atomic E-state index is -0.356. The zero-order valence-electron chi connectivity index (χ0n) is 15.8. The number of benzene rings is 1. The highest BCUT2D eigenvalue weighted by atomic mass is 16.2. The Morgan fingerprint density at radius 2 is 2.11 bits per heavy atom. The first-order chi connectivity index (χ1) is 13.0. The summed E-state index contributed by atoms with van der Waals surface area (Å²) in [6, 6.07) is 5.06. The van der Waals surface area contributed by atoms with Crippen LogP contribution in [0.15, 0.2) is 30.4 Å². The number of carbonyl (C=O) groups excluding carboxylic acids is 3. The molecule has 1 saturated carbocycles. The number of Topliss-reactive ketones (excluding diaryl/α,β-unsaturated/α-hetero) is 1. The average Bonchev–Trinajstić information content (AvgIpc) is 2.86. The quantitative estimate of drug-likeness (QED) is 0.619. The molecule has 1 aliphatic carbocycles. The number of nitrogens with zero attached hydrogens (tertiary/aromatic N) is 1. The SMILES string of the molecule is C=C1CCCC(N2Cc3cc(CNC(=O)NCCC)ccc3C2=O)C(=O)C1. The lowest BCUT2D eigenvalue weighted by molar-refractivity contribution is -0.122. The predicted octanol–water partition coefficient (Wildman–Crippen LogP) is 2.92. The largest absolute Gasteiger partial charge is 0.338 e. The minimum Gasteiger partial charge on any atom is -0.338 e. The highest BCUT2D eigenvalue weighted by Gasteiger charge is 2.36. The standard InChI is InChI=1S/C21H27N3O3/c1-3-9-22-21(27)23-12-15-7-8-17-16(11-15)13-24(20(17)26)18-6-4-5-14(2)10-19(18)25/h7-8,11,18H,2-6,9-10,12-13H2,1H3,(H2,22,23,27). The van der Waals surface area contributed by atoms with Crippen LogP contribution in [-0.4, -0.2) is 35.2 Å². The van der Waals surface area contributed by atoms with Crippen molar-refractivity contribution in [1.29, 1.82) is 0 Å². The predicted molar refractivity (Wildman–Crippen MR) is 103 cm³/mol. The molecule has 0 saturated heterocycles. The summed E-state index contributed by atoms with van der Waals surface area (Å²) < 4.78 is 0. The first kappa shape index (κ1) is 19.1. The summed E-state index contributed by atoms with van der Waals surface area (Å²) in [6.07, 6.45) is 3.69. The van der Waals surface area contributed by atoms with E-state index < -0.39 is 0 Å². The van der Waals surface area contributed by atoms with Crippen LogP contribution < -0.4 is 10.6 Å².